The Hall–Kier alpha value is -3.95. The third-order valence-corrected chi connectivity index (χ3v) is 8.57. The van der Waals surface area contributed by atoms with Gasteiger partial charge in [0.1, 0.15) is 0 Å². The van der Waals surface area contributed by atoms with Crippen LogP contribution in [0.5, 0.6) is 28.7 Å². The molecule has 0 N–H and O–H groups in total. The summed E-state index contributed by atoms with van der Waals surface area (Å²) in [6.07, 6.45) is 8.87. The van der Waals surface area contributed by atoms with E-state index in [-0.39, 0.29) is 37.2 Å². The summed E-state index contributed by atoms with van der Waals surface area (Å²) in [5, 5.41) is 9.09. The largest absolute Gasteiger partial charge is 0.493 e. The number of methoxy groups -OCH3 is 3. The third-order valence-electron chi connectivity index (χ3n) is 8.57. The molecule has 0 unspecified atom stereocenters. The summed E-state index contributed by atoms with van der Waals surface area (Å²) in [5.74, 6) is 1.66. The molecule has 1 aromatic heterocycles. The monoisotopic (exact) mass is 563 g/mol. The number of nitrogens with zero attached hydrogens (tertiary/aromatic N) is 3. The third kappa shape index (κ3) is 4.83. The number of aromatic nitrogens is 3. The highest BCUT2D eigenvalue weighted by molar-refractivity contribution is 5.79. The van der Waals surface area contributed by atoms with Gasteiger partial charge >= 0.3 is 5.97 Å². The molecule has 0 bridgehead atoms. The lowest BCUT2D eigenvalue weighted by molar-refractivity contribution is -0.141. The van der Waals surface area contributed by atoms with Gasteiger partial charge in [-0.1, -0.05) is 37.8 Å². The van der Waals surface area contributed by atoms with Gasteiger partial charge < -0.3 is 28.4 Å². The summed E-state index contributed by atoms with van der Waals surface area (Å²) in [6, 6.07) is 7.59. The van der Waals surface area contributed by atoms with E-state index in [4.69, 9.17) is 28.4 Å². The molecule has 1 aliphatic carbocycles. The van der Waals surface area contributed by atoms with Crippen molar-refractivity contribution in [1.82, 2.24) is 15.0 Å². The van der Waals surface area contributed by atoms with Crippen LogP contribution in [0.4, 0.5) is 0 Å². The van der Waals surface area contributed by atoms with Crippen molar-refractivity contribution < 1.29 is 33.2 Å². The molecule has 10 heteroatoms. The molecule has 2 aromatic carbocycles. The predicted molar refractivity (Wildman–Crippen MR) is 149 cm³/mol. The first-order chi connectivity index (χ1) is 20.1. The second-order valence-corrected chi connectivity index (χ2v) is 10.9. The molecule has 0 saturated carbocycles. The first-order valence-electron chi connectivity index (χ1n) is 14.4. The Kier molecular flexibility index (Phi) is 7.64. The zero-order chi connectivity index (χ0) is 28.5. The van der Waals surface area contributed by atoms with Crippen LogP contribution < -0.4 is 23.7 Å². The minimum atomic E-state index is -0.461. The van der Waals surface area contributed by atoms with Crippen LogP contribution in [-0.2, 0) is 16.0 Å². The standard InChI is InChI=1S/C31H37N3O7/c1-5-6-7-8-9-10-19-15-34(33-32-19)29-21-14-24-23(40-17-41-24)13-20(21)27(28-22(29)16-39-31(28)35)18-11-25(36-2)30(38-4)26(12-18)37-3/h11-15,22,27-29H,5-10,16-17H2,1-4H3/t22-,27+,28-,29+/m0/s1. The van der Waals surface area contributed by atoms with Gasteiger partial charge in [0.15, 0.2) is 23.0 Å². The number of cyclic esters (lactones) is 1. The predicted octanol–water partition coefficient (Wildman–Crippen LogP) is 5.07. The molecular weight excluding hydrogens is 526 g/mol. The molecule has 4 atom stereocenters. The van der Waals surface area contributed by atoms with Crippen molar-refractivity contribution in [3.8, 4) is 28.7 Å². The Morgan fingerprint density at radius 2 is 1.61 bits per heavy atom. The number of hydrogen-bond acceptors (Lipinski definition) is 9. The molecule has 0 amide bonds. The average molecular weight is 564 g/mol. The summed E-state index contributed by atoms with van der Waals surface area (Å²) in [7, 11) is 4.74. The van der Waals surface area contributed by atoms with E-state index in [1.807, 2.05) is 35.1 Å². The molecule has 3 heterocycles. The highest BCUT2D eigenvalue weighted by Gasteiger charge is 2.53. The van der Waals surface area contributed by atoms with Crippen molar-refractivity contribution in [3.05, 3.63) is 52.8 Å². The quantitative estimate of drug-likeness (QED) is 0.234. The highest BCUT2D eigenvalue weighted by atomic mass is 16.7. The molecule has 1 fully saturated rings. The van der Waals surface area contributed by atoms with Gasteiger partial charge in [-0.2, -0.15) is 0 Å². The summed E-state index contributed by atoms with van der Waals surface area (Å²) in [4.78, 5) is 13.5. The SMILES string of the molecule is CCCCCCCc1cn([C@@H]2c3cc4c(cc3[C@@H](c3cc(OC)c(OC)c(OC)c3)[C@H]3C(=O)OC[C@@H]32)OCO4)nn1. The van der Waals surface area contributed by atoms with E-state index in [1.165, 1.54) is 25.7 Å². The Morgan fingerprint density at radius 3 is 2.29 bits per heavy atom. The van der Waals surface area contributed by atoms with E-state index in [1.54, 1.807) is 21.3 Å². The Balaban J connectivity index is 1.45. The minimum absolute atomic E-state index is 0.151. The fourth-order valence-corrected chi connectivity index (χ4v) is 6.63. The molecule has 2 aliphatic heterocycles. The first-order valence-corrected chi connectivity index (χ1v) is 14.4. The summed E-state index contributed by atoms with van der Waals surface area (Å²) >= 11 is 0. The number of esters is 1. The van der Waals surface area contributed by atoms with Gasteiger partial charge in [0.2, 0.25) is 12.5 Å². The molecule has 0 radical (unpaired) electrons. The van der Waals surface area contributed by atoms with Crippen molar-refractivity contribution in [1.29, 1.82) is 0 Å². The average Bonchev–Trinajstić information content (AvgIpc) is 3.74. The molecule has 3 aliphatic rings. The van der Waals surface area contributed by atoms with Crippen LogP contribution in [0.3, 0.4) is 0 Å². The second-order valence-electron chi connectivity index (χ2n) is 10.9. The van der Waals surface area contributed by atoms with Crippen LogP contribution in [0.25, 0.3) is 0 Å². The lowest BCUT2D eigenvalue weighted by atomic mass is 9.65. The summed E-state index contributed by atoms with van der Waals surface area (Å²) in [5.41, 5.74) is 3.77. The van der Waals surface area contributed by atoms with Gasteiger partial charge in [-0.3, -0.25) is 4.79 Å². The second kappa shape index (κ2) is 11.5. The number of unbranched alkanes of at least 4 members (excludes halogenated alkanes) is 4. The van der Waals surface area contributed by atoms with Crippen molar-refractivity contribution in [3.63, 3.8) is 0 Å². The molecule has 41 heavy (non-hydrogen) atoms. The first kappa shape index (κ1) is 27.2. The van der Waals surface area contributed by atoms with Crippen LogP contribution in [0.1, 0.15) is 73.4 Å². The van der Waals surface area contributed by atoms with Crippen molar-refractivity contribution in [2.75, 3.05) is 34.7 Å². The number of benzene rings is 2. The normalized spacial score (nSPS) is 22.2. The maximum absolute atomic E-state index is 13.5. The minimum Gasteiger partial charge on any atom is -0.493 e. The summed E-state index contributed by atoms with van der Waals surface area (Å²) < 4.78 is 36.1. The zero-order valence-corrected chi connectivity index (χ0v) is 24.1. The number of rotatable bonds is 11. The lowest BCUT2D eigenvalue weighted by Gasteiger charge is -2.39. The Labute approximate surface area is 239 Å². The number of carbonyl (C=O) groups is 1. The number of ether oxygens (including phenoxy) is 6. The van der Waals surface area contributed by atoms with Crippen molar-refractivity contribution in [2.24, 2.45) is 11.8 Å². The van der Waals surface area contributed by atoms with Gasteiger partial charge in [-0.15, -0.1) is 5.10 Å². The van der Waals surface area contributed by atoms with Gasteiger partial charge in [-0.05, 0) is 53.8 Å². The molecule has 1 saturated heterocycles. The number of aryl methyl sites for hydroxylation is 1. The van der Waals surface area contributed by atoms with E-state index in [0.717, 1.165) is 35.2 Å². The lowest BCUT2D eigenvalue weighted by Crippen LogP contribution is -2.37. The fraction of sp³-hybridized carbons (Fsp3) is 0.516. The fourth-order valence-electron chi connectivity index (χ4n) is 6.63. The maximum atomic E-state index is 13.5. The van der Waals surface area contributed by atoms with Gasteiger partial charge in [0, 0.05) is 18.0 Å². The highest BCUT2D eigenvalue weighted by Crippen LogP contribution is 2.56. The topological polar surface area (TPSA) is 103 Å². The number of hydrogen-bond donors (Lipinski definition) is 0. The number of carbonyl (C=O) groups excluding carboxylic acids is 1. The van der Waals surface area contributed by atoms with Crippen molar-refractivity contribution >= 4 is 5.97 Å². The molecule has 6 rings (SSSR count). The van der Waals surface area contributed by atoms with E-state index in [9.17, 15) is 4.79 Å². The number of fused-ring (bicyclic) bond motifs is 3. The van der Waals surface area contributed by atoms with E-state index in [0.29, 0.717) is 28.7 Å². The van der Waals surface area contributed by atoms with Crippen LogP contribution in [0.15, 0.2) is 30.5 Å². The zero-order valence-electron chi connectivity index (χ0n) is 24.1. The Morgan fingerprint density at radius 1 is 0.902 bits per heavy atom. The van der Waals surface area contributed by atoms with Gasteiger partial charge in [0.25, 0.3) is 0 Å². The van der Waals surface area contributed by atoms with E-state index >= 15 is 0 Å². The van der Waals surface area contributed by atoms with Crippen LogP contribution >= 0.6 is 0 Å². The maximum Gasteiger partial charge on any atom is 0.310 e. The molecule has 10 nitrogen and oxygen atoms in total. The molecular formula is C31H37N3O7. The molecule has 0 spiro atoms. The van der Waals surface area contributed by atoms with Crippen LogP contribution in [0, 0.1) is 11.8 Å². The molecule has 3 aromatic rings. The van der Waals surface area contributed by atoms with Gasteiger partial charge in [-0.25, -0.2) is 4.68 Å². The van der Waals surface area contributed by atoms with E-state index in [2.05, 4.69) is 17.2 Å². The smallest absolute Gasteiger partial charge is 0.310 e. The van der Waals surface area contributed by atoms with Gasteiger partial charge in [0.05, 0.1) is 45.6 Å². The molecule has 218 valence electrons. The summed E-state index contributed by atoms with van der Waals surface area (Å²) in [6.45, 7) is 2.66. The van der Waals surface area contributed by atoms with E-state index < -0.39 is 5.92 Å². The van der Waals surface area contributed by atoms with Crippen LogP contribution in [0.2, 0.25) is 0 Å². The Bertz CT molecular complexity index is 1400. The van der Waals surface area contributed by atoms with Crippen molar-refractivity contribution in [2.45, 2.75) is 57.4 Å². The van der Waals surface area contributed by atoms with Crippen LogP contribution in [-0.4, -0.2) is 55.7 Å².